The van der Waals surface area contributed by atoms with E-state index in [1.165, 1.54) is 5.56 Å². The van der Waals surface area contributed by atoms with Crippen molar-refractivity contribution < 1.29 is 0 Å². The summed E-state index contributed by atoms with van der Waals surface area (Å²) in [4.78, 5) is 13.4. The number of rotatable bonds is 4. The van der Waals surface area contributed by atoms with Crippen molar-refractivity contribution in [2.45, 2.75) is 33.1 Å². The molecule has 2 aromatic rings. The second kappa shape index (κ2) is 5.78. The molecule has 0 fully saturated rings. The summed E-state index contributed by atoms with van der Waals surface area (Å²) >= 11 is 0. The normalized spacial score (nSPS) is 10.8. The fraction of sp³-hybridized carbons (Fsp3) is 0.400. The third-order valence-electron chi connectivity index (χ3n) is 3.11. The second-order valence-corrected chi connectivity index (χ2v) is 4.94. The Kier molecular flexibility index (Phi) is 4.10. The predicted octanol–water partition coefficient (Wildman–Crippen LogP) is 2.94. The molecule has 0 aromatic carbocycles. The second-order valence-electron chi connectivity index (χ2n) is 4.94. The number of nitrogens with zero attached hydrogens (tertiary/aromatic N) is 3. The molecule has 0 amide bonds. The smallest absolute Gasteiger partial charge is 0.133 e. The molecule has 0 bridgehead atoms. The van der Waals surface area contributed by atoms with Gasteiger partial charge in [0.25, 0.3) is 0 Å². The molecule has 0 radical (unpaired) electrons. The predicted molar refractivity (Wildman–Crippen MR) is 77.4 cm³/mol. The third kappa shape index (κ3) is 3.08. The van der Waals surface area contributed by atoms with E-state index in [0.29, 0.717) is 5.92 Å². The first-order valence-electron chi connectivity index (χ1n) is 6.56. The molecular weight excluding hydrogens is 236 g/mol. The Morgan fingerprint density at radius 3 is 2.63 bits per heavy atom. The highest BCUT2D eigenvalue weighted by molar-refractivity contribution is 5.46. The molecule has 0 aliphatic heterocycles. The lowest BCUT2D eigenvalue weighted by atomic mass is 10.1. The van der Waals surface area contributed by atoms with Crippen molar-refractivity contribution in [3.63, 3.8) is 0 Å². The Morgan fingerprint density at radius 2 is 2.05 bits per heavy atom. The molecule has 0 saturated heterocycles. The number of aromatic nitrogens is 3. The summed E-state index contributed by atoms with van der Waals surface area (Å²) in [6, 6.07) is 4.02. The summed E-state index contributed by atoms with van der Waals surface area (Å²) in [5.74, 6) is 2.12. The topological polar surface area (TPSA) is 50.7 Å². The highest BCUT2D eigenvalue weighted by Crippen LogP contribution is 2.21. The SMILES string of the molecule is CNc1nc(C(C)C)nc(Cc2cccnc2)c1C. The van der Waals surface area contributed by atoms with Crippen LogP contribution in [0.4, 0.5) is 5.82 Å². The first kappa shape index (κ1) is 13.5. The maximum absolute atomic E-state index is 4.70. The number of hydrogen-bond donors (Lipinski definition) is 1. The molecule has 4 nitrogen and oxygen atoms in total. The number of anilines is 1. The van der Waals surface area contributed by atoms with Gasteiger partial charge in [0.2, 0.25) is 0 Å². The first-order chi connectivity index (χ1) is 9.11. The monoisotopic (exact) mass is 256 g/mol. The Bertz CT molecular complexity index is 550. The molecule has 0 unspecified atom stereocenters. The van der Waals surface area contributed by atoms with Crippen LogP contribution in [0, 0.1) is 6.92 Å². The maximum atomic E-state index is 4.70. The molecule has 0 spiro atoms. The Morgan fingerprint density at radius 1 is 1.26 bits per heavy atom. The van der Waals surface area contributed by atoms with Crippen LogP contribution in [-0.2, 0) is 6.42 Å². The van der Waals surface area contributed by atoms with Crippen molar-refractivity contribution in [1.82, 2.24) is 15.0 Å². The number of hydrogen-bond acceptors (Lipinski definition) is 4. The van der Waals surface area contributed by atoms with Gasteiger partial charge in [-0.15, -0.1) is 0 Å². The molecular formula is C15H20N4. The quantitative estimate of drug-likeness (QED) is 0.913. The van der Waals surface area contributed by atoms with Crippen LogP contribution < -0.4 is 5.32 Å². The summed E-state index contributed by atoms with van der Waals surface area (Å²) in [7, 11) is 1.90. The summed E-state index contributed by atoms with van der Waals surface area (Å²) in [5.41, 5.74) is 3.34. The Balaban J connectivity index is 2.41. The van der Waals surface area contributed by atoms with Crippen molar-refractivity contribution in [1.29, 1.82) is 0 Å². The van der Waals surface area contributed by atoms with E-state index in [-0.39, 0.29) is 0 Å². The first-order valence-corrected chi connectivity index (χ1v) is 6.56. The maximum Gasteiger partial charge on any atom is 0.133 e. The lowest BCUT2D eigenvalue weighted by Crippen LogP contribution is -2.09. The minimum absolute atomic E-state index is 0.320. The van der Waals surface area contributed by atoms with Gasteiger partial charge in [0.15, 0.2) is 0 Å². The van der Waals surface area contributed by atoms with Gasteiger partial charge in [-0.25, -0.2) is 9.97 Å². The van der Waals surface area contributed by atoms with Crippen LogP contribution in [0.15, 0.2) is 24.5 Å². The van der Waals surface area contributed by atoms with Gasteiger partial charge in [0, 0.05) is 37.3 Å². The van der Waals surface area contributed by atoms with E-state index in [1.807, 2.05) is 19.3 Å². The minimum Gasteiger partial charge on any atom is -0.373 e. The van der Waals surface area contributed by atoms with Crippen LogP contribution in [-0.4, -0.2) is 22.0 Å². The minimum atomic E-state index is 0.320. The van der Waals surface area contributed by atoms with Gasteiger partial charge in [0.1, 0.15) is 11.6 Å². The fourth-order valence-electron chi connectivity index (χ4n) is 1.95. The molecule has 4 heteroatoms. The lowest BCUT2D eigenvalue weighted by Gasteiger charge is -2.13. The molecule has 2 rings (SSSR count). The Labute approximate surface area is 114 Å². The van der Waals surface area contributed by atoms with E-state index in [2.05, 4.69) is 42.1 Å². The van der Waals surface area contributed by atoms with E-state index < -0.39 is 0 Å². The van der Waals surface area contributed by atoms with Crippen molar-refractivity contribution in [3.05, 3.63) is 47.2 Å². The molecule has 2 heterocycles. The molecule has 100 valence electrons. The molecule has 1 N–H and O–H groups in total. The summed E-state index contributed by atoms with van der Waals surface area (Å²) in [6.07, 6.45) is 4.46. The van der Waals surface area contributed by atoms with Crippen LogP contribution in [0.3, 0.4) is 0 Å². The average molecular weight is 256 g/mol. The molecule has 19 heavy (non-hydrogen) atoms. The van der Waals surface area contributed by atoms with Crippen LogP contribution in [0.1, 0.15) is 42.4 Å². The molecule has 0 atom stereocenters. The van der Waals surface area contributed by atoms with Gasteiger partial charge in [0.05, 0.1) is 5.69 Å². The summed E-state index contributed by atoms with van der Waals surface area (Å²) < 4.78 is 0. The standard InChI is InChI=1S/C15H20N4/c1-10(2)14-18-13(11(3)15(16-4)19-14)8-12-6-5-7-17-9-12/h5-7,9-10H,8H2,1-4H3,(H,16,18,19). The van der Waals surface area contributed by atoms with Crippen molar-refractivity contribution in [2.75, 3.05) is 12.4 Å². The zero-order valence-corrected chi connectivity index (χ0v) is 11.9. The third-order valence-corrected chi connectivity index (χ3v) is 3.11. The van der Waals surface area contributed by atoms with Gasteiger partial charge < -0.3 is 5.32 Å². The van der Waals surface area contributed by atoms with E-state index >= 15 is 0 Å². The molecule has 0 aliphatic carbocycles. The van der Waals surface area contributed by atoms with E-state index in [4.69, 9.17) is 4.98 Å². The van der Waals surface area contributed by atoms with E-state index in [0.717, 1.165) is 29.3 Å². The van der Waals surface area contributed by atoms with Gasteiger partial charge in [-0.2, -0.15) is 0 Å². The Hall–Kier alpha value is -1.97. The van der Waals surface area contributed by atoms with Crippen molar-refractivity contribution >= 4 is 5.82 Å². The lowest BCUT2D eigenvalue weighted by molar-refractivity contribution is 0.758. The fourth-order valence-corrected chi connectivity index (χ4v) is 1.95. The highest BCUT2D eigenvalue weighted by Gasteiger charge is 2.12. The van der Waals surface area contributed by atoms with Crippen LogP contribution >= 0.6 is 0 Å². The van der Waals surface area contributed by atoms with Gasteiger partial charge in [-0.1, -0.05) is 19.9 Å². The van der Waals surface area contributed by atoms with Crippen molar-refractivity contribution in [2.24, 2.45) is 0 Å². The molecule has 0 saturated carbocycles. The molecule has 2 aromatic heterocycles. The number of pyridine rings is 1. The highest BCUT2D eigenvalue weighted by atomic mass is 15.0. The van der Waals surface area contributed by atoms with E-state index in [1.54, 1.807) is 6.20 Å². The van der Waals surface area contributed by atoms with Crippen molar-refractivity contribution in [3.8, 4) is 0 Å². The van der Waals surface area contributed by atoms with Gasteiger partial charge in [-0.3, -0.25) is 4.98 Å². The van der Waals surface area contributed by atoms with Gasteiger partial charge >= 0.3 is 0 Å². The van der Waals surface area contributed by atoms with Crippen LogP contribution in [0.25, 0.3) is 0 Å². The van der Waals surface area contributed by atoms with E-state index in [9.17, 15) is 0 Å². The average Bonchev–Trinajstić information content (AvgIpc) is 2.42. The number of nitrogens with one attached hydrogen (secondary N) is 1. The van der Waals surface area contributed by atoms with Crippen LogP contribution in [0.5, 0.6) is 0 Å². The zero-order valence-electron chi connectivity index (χ0n) is 11.9. The van der Waals surface area contributed by atoms with Crippen LogP contribution in [0.2, 0.25) is 0 Å². The summed E-state index contributed by atoms with van der Waals surface area (Å²) in [5, 5.41) is 3.15. The largest absolute Gasteiger partial charge is 0.373 e. The molecule has 0 aliphatic rings. The summed E-state index contributed by atoms with van der Waals surface area (Å²) in [6.45, 7) is 6.28. The zero-order chi connectivity index (χ0) is 13.8. The van der Waals surface area contributed by atoms with Gasteiger partial charge in [-0.05, 0) is 18.6 Å².